The maximum Gasteiger partial charge on any atom is 0.158 e. The van der Waals surface area contributed by atoms with E-state index in [1.807, 2.05) is 6.07 Å². The van der Waals surface area contributed by atoms with Gasteiger partial charge < -0.3 is 21.3 Å². The quantitative estimate of drug-likeness (QED) is 0.295. The molecule has 2 aromatic rings. The highest BCUT2D eigenvalue weighted by Crippen LogP contribution is 2.32. The molecule has 2 rings (SSSR count). The largest absolute Gasteiger partial charge is 1.00 e. The fourth-order valence-electron chi connectivity index (χ4n) is 4.33. The highest BCUT2D eigenvalue weighted by atomic mass is 35.5. The molecule has 29 heavy (non-hydrogen) atoms. The predicted octanol–water partition coefficient (Wildman–Crippen LogP) is 4.91. The zero-order chi connectivity index (χ0) is 20.1. The summed E-state index contributed by atoms with van der Waals surface area (Å²) in [7, 11) is 4.69. The van der Waals surface area contributed by atoms with Crippen LogP contribution < -0.4 is 12.4 Å². The van der Waals surface area contributed by atoms with Crippen molar-refractivity contribution in [1.29, 1.82) is 0 Å². The molecule has 1 aromatic heterocycles. The highest BCUT2D eigenvalue weighted by Gasteiger charge is 2.30. The molecule has 0 radical (unpaired) electrons. The van der Waals surface area contributed by atoms with Crippen LogP contribution in [-0.2, 0) is 6.54 Å². The van der Waals surface area contributed by atoms with Gasteiger partial charge in [-0.15, -0.1) is 0 Å². The third-order valence-electron chi connectivity index (χ3n) is 6.00. The number of benzene rings is 1. The van der Waals surface area contributed by atoms with Crippen molar-refractivity contribution in [3.05, 3.63) is 60.1 Å². The second-order valence-electron chi connectivity index (χ2n) is 8.91. The summed E-state index contributed by atoms with van der Waals surface area (Å²) in [6, 6.07) is 15.7. The molecule has 1 atom stereocenters. The summed E-state index contributed by atoms with van der Waals surface area (Å²) in [5, 5.41) is 0. The Morgan fingerprint density at radius 2 is 1.34 bits per heavy atom. The monoisotopic (exact) mass is 419 g/mol. The lowest BCUT2D eigenvalue weighted by molar-refractivity contribution is -0.935. The van der Waals surface area contributed by atoms with E-state index in [-0.39, 0.29) is 12.4 Å². The first-order chi connectivity index (χ1) is 13.6. The van der Waals surface area contributed by atoms with Crippen molar-refractivity contribution in [2.45, 2.75) is 90.1 Å². The van der Waals surface area contributed by atoms with Crippen LogP contribution in [0.5, 0.6) is 0 Å². The van der Waals surface area contributed by atoms with Crippen LogP contribution in [0.2, 0.25) is 0 Å². The van der Waals surface area contributed by atoms with Crippen molar-refractivity contribution >= 4 is 0 Å². The molecule has 1 aromatic carbocycles. The summed E-state index contributed by atoms with van der Waals surface area (Å²) in [4.78, 5) is 0. The number of quaternary nitrogens is 1. The van der Waals surface area contributed by atoms with Crippen LogP contribution in [0.4, 0.5) is 0 Å². The minimum absolute atomic E-state index is 0. The fourth-order valence-corrected chi connectivity index (χ4v) is 4.33. The molecule has 0 amide bonds. The molecule has 164 valence electrons. The molecule has 0 aliphatic heterocycles. The van der Waals surface area contributed by atoms with Gasteiger partial charge in [-0.25, -0.2) is 0 Å². The normalized spacial score (nSPS) is 12.5. The molecule has 3 heteroatoms. The second-order valence-corrected chi connectivity index (χ2v) is 8.91. The first kappa shape index (κ1) is 25.8. The Morgan fingerprint density at radius 3 is 1.90 bits per heavy atom. The number of furan rings is 1. The lowest BCUT2D eigenvalue weighted by Gasteiger charge is -2.38. The average molecular weight is 420 g/mol. The first-order valence-corrected chi connectivity index (χ1v) is 11.5. The lowest BCUT2D eigenvalue weighted by Crippen LogP contribution is -3.00. The molecule has 0 aliphatic rings. The van der Waals surface area contributed by atoms with Crippen molar-refractivity contribution in [2.75, 3.05) is 14.1 Å². The molecule has 0 fully saturated rings. The molecule has 1 heterocycles. The lowest BCUT2D eigenvalue weighted by atomic mass is 9.96. The van der Waals surface area contributed by atoms with E-state index in [1.54, 1.807) is 6.26 Å². The van der Waals surface area contributed by atoms with Gasteiger partial charge in [-0.05, 0) is 18.6 Å². The number of rotatable bonds is 15. The summed E-state index contributed by atoms with van der Waals surface area (Å²) < 4.78 is 6.58. The minimum Gasteiger partial charge on any atom is -1.00 e. The summed E-state index contributed by atoms with van der Waals surface area (Å²) in [5.41, 5.74) is 1.45. The van der Waals surface area contributed by atoms with E-state index in [2.05, 4.69) is 57.4 Å². The van der Waals surface area contributed by atoms with E-state index in [4.69, 9.17) is 4.42 Å². The fraction of sp³-hybridized carbons (Fsp3) is 0.615. The Kier molecular flexibility index (Phi) is 13.1. The van der Waals surface area contributed by atoms with Gasteiger partial charge in [0.05, 0.1) is 20.4 Å². The minimum atomic E-state index is 0. The van der Waals surface area contributed by atoms with Gasteiger partial charge in [-0.2, -0.15) is 0 Å². The summed E-state index contributed by atoms with van der Waals surface area (Å²) >= 11 is 0. The molecule has 0 saturated heterocycles. The Balaban J connectivity index is 0.00000420. The Labute approximate surface area is 185 Å². The van der Waals surface area contributed by atoms with Crippen LogP contribution in [0.3, 0.4) is 0 Å². The van der Waals surface area contributed by atoms with Gasteiger partial charge >= 0.3 is 0 Å². The standard InChI is InChI=1S/C26H42NO.ClH/c1-4-5-6-7-8-9-10-11-12-16-21-26(24-18-14-13-15-19-24)27(2,3)23-25-20-17-22-28-25;/h13-15,17-20,22,26H,4-12,16,21,23H2,1-3H3;1H/q+1;/p-1. The second kappa shape index (κ2) is 14.7. The van der Waals surface area contributed by atoms with Gasteiger partial charge in [-0.3, -0.25) is 0 Å². The van der Waals surface area contributed by atoms with Crippen molar-refractivity contribution < 1.29 is 21.3 Å². The van der Waals surface area contributed by atoms with Crippen LogP contribution in [0.15, 0.2) is 53.1 Å². The topological polar surface area (TPSA) is 13.1 Å². The molecular weight excluding hydrogens is 378 g/mol. The van der Waals surface area contributed by atoms with Crippen LogP contribution in [0.1, 0.15) is 94.9 Å². The van der Waals surface area contributed by atoms with Gasteiger partial charge in [0.15, 0.2) is 5.76 Å². The van der Waals surface area contributed by atoms with Gasteiger partial charge in [0.1, 0.15) is 12.6 Å². The summed E-state index contributed by atoms with van der Waals surface area (Å²) in [6.07, 6.45) is 17.0. The molecule has 2 nitrogen and oxygen atoms in total. The number of nitrogens with zero attached hydrogens (tertiary/aromatic N) is 1. The Bertz CT molecular complexity index is 609. The molecule has 1 unspecified atom stereocenters. The Hall–Kier alpha value is -1.25. The van der Waals surface area contributed by atoms with E-state index in [9.17, 15) is 0 Å². The van der Waals surface area contributed by atoms with Gasteiger partial charge in [0.25, 0.3) is 0 Å². The number of hydrogen-bond acceptors (Lipinski definition) is 1. The van der Waals surface area contributed by atoms with Gasteiger partial charge in [-0.1, -0.05) is 95.0 Å². The summed E-state index contributed by atoms with van der Waals surface area (Å²) in [5.74, 6) is 1.08. The van der Waals surface area contributed by atoms with E-state index in [0.717, 1.165) is 16.8 Å². The van der Waals surface area contributed by atoms with Crippen molar-refractivity contribution in [3.63, 3.8) is 0 Å². The average Bonchev–Trinajstić information content (AvgIpc) is 3.19. The summed E-state index contributed by atoms with van der Waals surface area (Å²) in [6.45, 7) is 3.22. The van der Waals surface area contributed by atoms with Crippen LogP contribution >= 0.6 is 0 Å². The maximum absolute atomic E-state index is 5.64. The number of hydrogen-bond donors (Lipinski definition) is 0. The predicted molar refractivity (Wildman–Crippen MR) is 120 cm³/mol. The van der Waals surface area contributed by atoms with Gasteiger partial charge in [0.2, 0.25) is 0 Å². The zero-order valence-electron chi connectivity index (χ0n) is 18.9. The smallest absolute Gasteiger partial charge is 0.158 e. The van der Waals surface area contributed by atoms with Crippen LogP contribution in [0, 0.1) is 0 Å². The Morgan fingerprint density at radius 1 is 0.759 bits per heavy atom. The maximum atomic E-state index is 5.64. The van der Waals surface area contributed by atoms with Gasteiger partial charge in [0, 0.05) is 12.0 Å². The first-order valence-electron chi connectivity index (χ1n) is 11.5. The van der Waals surface area contributed by atoms with Crippen molar-refractivity contribution in [3.8, 4) is 0 Å². The van der Waals surface area contributed by atoms with Crippen LogP contribution in [0.25, 0.3) is 0 Å². The van der Waals surface area contributed by atoms with E-state index in [0.29, 0.717) is 6.04 Å². The molecule has 0 bridgehead atoms. The third kappa shape index (κ3) is 9.87. The highest BCUT2D eigenvalue weighted by molar-refractivity contribution is 5.17. The van der Waals surface area contributed by atoms with E-state index in [1.165, 1.54) is 76.2 Å². The molecule has 0 aliphatic carbocycles. The molecule has 0 saturated carbocycles. The molecule has 0 N–H and O–H groups in total. The molecular formula is C26H42ClNO. The SMILES string of the molecule is CCCCCCCCCCCCC(c1ccccc1)[N+](C)(C)Cc1ccco1.[Cl-]. The number of halogens is 1. The van der Waals surface area contributed by atoms with E-state index >= 15 is 0 Å². The van der Waals surface area contributed by atoms with Crippen LogP contribution in [-0.4, -0.2) is 18.6 Å². The zero-order valence-corrected chi connectivity index (χ0v) is 19.7. The van der Waals surface area contributed by atoms with Crippen molar-refractivity contribution in [2.24, 2.45) is 0 Å². The number of unbranched alkanes of at least 4 members (excludes halogenated alkanes) is 9. The third-order valence-corrected chi connectivity index (χ3v) is 6.00. The van der Waals surface area contributed by atoms with E-state index < -0.39 is 0 Å². The van der Waals surface area contributed by atoms with Crippen molar-refractivity contribution in [1.82, 2.24) is 0 Å². The molecule has 0 spiro atoms.